The number of fused-ring (bicyclic) bond motifs is 3. The van der Waals surface area contributed by atoms with Crippen molar-refractivity contribution in [3.63, 3.8) is 0 Å². The molecular weight excluding hydrogens is 1550 g/mol. The van der Waals surface area contributed by atoms with Crippen molar-refractivity contribution in [2.45, 2.75) is 341 Å². The smallest absolute Gasteiger partial charge is 0.481 e. The molecule has 0 aromatic heterocycles. The van der Waals surface area contributed by atoms with Gasteiger partial charge in [0.2, 0.25) is 0 Å². The predicted molar refractivity (Wildman–Crippen MR) is 484 cm³/mol. The van der Waals surface area contributed by atoms with Gasteiger partial charge < -0.3 is 42.8 Å². The van der Waals surface area contributed by atoms with Crippen LogP contribution in [0.3, 0.4) is 0 Å². The van der Waals surface area contributed by atoms with Gasteiger partial charge in [0.15, 0.2) is 0 Å². The van der Waals surface area contributed by atoms with Crippen molar-refractivity contribution < 1.29 is 62.0 Å². The Morgan fingerprint density at radius 1 is 0.385 bits per heavy atom. The zero-order valence-corrected chi connectivity index (χ0v) is 78.6. The summed E-state index contributed by atoms with van der Waals surface area (Å²) in [5.41, 5.74) is 25.2. The normalized spacial score (nSPS) is 15.0. The van der Waals surface area contributed by atoms with Crippen molar-refractivity contribution in [2.24, 2.45) is 0 Å². The van der Waals surface area contributed by atoms with Crippen molar-refractivity contribution >= 4 is 64.0 Å². The first-order valence-corrected chi connectivity index (χ1v) is 43.8. The Hall–Kier alpha value is -6.95. The Morgan fingerprint density at radius 2 is 0.650 bits per heavy atom. The van der Waals surface area contributed by atoms with Crippen molar-refractivity contribution in [1.82, 2.24) is 0 Å². The largest absolute Gasteiger partial charge is 0.494 e. The van der Waals surface area contributed by atoms with Crippen LogP contribution in [0.2, 0.25) is 5.02 Å². The fourth-order valence-electron chi connectivity index (χ4n) is 15.4. The maximum absolute atomic E-state index is 12.7. The van der Waals surface area contributed by atoms with Gasteiger partial charge >= 0.3 is 31.0 Å². The highest BCUT2D eigenvalue weighted by Gasteiger charge is 2.52. The number of halogens is 2. The van der Waals surface area contributed by atoms with E-state index in [1.165, 1.54) is 66.8 Å². The molecule has 4 heterocycles. The van der Waals surface area contributed by atoms with Gasteiger partial charge in [0.25, 0.3) is 0 Å². The van der Waals surface area contributed by atoms with Crippen LogP contribution >= 0.6 is 27.5 Å². The molecule has 0 amide bonds. The highest BCUT2D eigenvalue weighted by Crippen LogP contribution is 2.41. The molecule has 1 fully saturated rings. The number of carbonyl (C=O) groups is 4. The van der Waals surface area contributed by atoms with E-state index in [0.29, 0.717) is 49.7 Å². The fraction of sp³-hybridized carbons (Fsp3) is 0.545. The first-order chi connectivity index (χ1) is 54.3. The van der Waals surface area contributed by atoms with E-state index in [1.54, 1.807) is 0 Å². The molecule has 0 unspecified atom stereocenters. The molecule has 7 aromatic carbocycles. The second-order valence-corrected chi connectivity index (χ2v) is 39.8. The third-order valence-corrected chi connectivity index (χ3v) is 22.6. The number of hydrogen-bond acceptors (Lipinski definition) is 12. The Balaban J connectivity index is 0.000000207. The Kier molecular flexibility index (Phi) is 34.5. The average Bonchev–Trinajstić information content (AvgIpc) is 1.58. The maximum Gasteiger partial charge on any atom is 0.494 e. The summed E-state index contributed by atoms with van der Waals surface area (Å²) in [6.45, 7) is 64.4. The molecule has 4 aliphatic heterocycles. The van der Waals surface area contributed by atoms with Crippen LogP contribution in [0.4, 0.5) is 0 Å². The minimum Gasteiger partial charge on any atom is -0.481 e. The number of esters is 3. The molecule has 16 heteroatoms. The van der Waals surface area contributed by atoms with Crippen LogP contribution in [0.1, 0.15) is 348 Å². The summed E-state index contributed by atoms with van der Waals surface area (Å²) < 4.78 is 47.0. The van der Waals surface area contributed by atoms with Gasteiger partial charge in [-0.25, -0.2) is 0 Å². The summed E-state index contributed by atoms with van der Waals surface area (Å²) in [6, 6.07) is 36.9. The molecule has 0 bridgehead atoms. The Labute approximate surface area is 717 Å². The summed E-state index contributed by atoms with van der Waals surface area (Å²) in [5, 5.41) is 10.1. The number of carbonyl (C=O) groups excluding carboxylic acids is 3. The average molecular weight is 1690 g/mol. The molecule has 0 atom stereocenters. The third kappa shape index (κ3) is 28.1. The molecular formula is C101H139BBrClO13. The minimum absolute atomic E-state index is 0.0827. The summed E-state index contributed by atoms with van der Waals surface area (Å²) in [7, 11) is -0.412. The first-order valence-electron chi connectivity index (χ1n) is 42.6. The zero-order chi connectivity index (χ0) is 87.3. The van der Waals surface area contributed by atoms with Crippen LogP contribution in [0.15, 0.2) is 108 Å². The lowest BCUT2D eigenvalue weighted by Gasteiger charge is -2.32. The van der Waals surface area contributed by atoms with E-state index in [0.717, 1.165) is 116 Å². The van der Waals surface area contributed by atoms with E-state index in [4.69, 9.17) is 49.3 Å². The van der Waals surface area contributed by atoms with E-state index >= 15 is 0 Å². The highest BCUT2D eigenvalue weighted by molar-refractivity contribution is 9.10. The number of hydrogen-bond donors (Lipinski definition) is 1. The molecule has 11 rings (SSSR count). The summed E-state index contributed by atoms with van der Waals surface area (Å²) in [5.74, 6) is 1.07. The van der Waals surface area contributed by atoms with E-state index < -0.39 is 29.9 Å². The lowest BCUT2D eigenvalue weighted by molar-refractivity contribution is -0.155. The van der Waals surface area contributed by atoms with Gasteiger partial charge in [-0.2, -0.15) is 0 Å². The molecule has 0 radical (unpaired) electrons. The molecule has 117 heavy (non-hydrogen) atoms. The fourth-order valence-corrected chi connectivity index (χ4v) is 16.0. The summed E-state index contributed by atoms with van der Waals surface area (Å²) >= 11 is 9.67. The number of benzene rings is 7. The highest BCUT2D eigenvalue weighted by atomic mass is 79.9. The number of rotatable bonds is 19. The maximum atomic E-state index is 12.7. The van der Waals surface area contributed by atoms with Gasteiger partial charge in [-0.05, 0) is 321 Å². The van der Waals surface area contributed by atoms with Gasteiger partial charge in [0.05, 0.1) is 76.5 Å². The van der Waals surface area contributed by atoms with Crippen LogP contribution in [-0.2, 0) is 122 Å². The van der Waals surface area contributed by atoms with E-state index in [2.05, 4.69) is 245 Å². The van der Waals surface area contributed by atoms with Crippen LogP contribution in [0, 0.1) is 0 Å². The van der Waals surface area contributed by atoms with Gasteiger partial charge in [0, 0.05) is 9.50 Å². The zero-order valence-electron chi connectivity index (χ0n) is 76.3. The second-order valence-electron chi connectivity index (χ2n) is 38.5. The first kappa shape index (κ1) is 97.2. The molecule has 0 spiro atoms. The lowest BCUT2D eigenvalue weighted by Crippen LogP contribution is -2.41. The van der Waals surface area contributed by atoms with Crippen molar-refractivity contribution in [3.8, 4) is 22.3 Å². The van der Waals surface area contributed by atoms with Gasteiger partial charge in [-0.15, -0.1) is 0 Å². The lowest BCUT2D eigenvalue weighted by atomic mass is 9.73. The van der Waals surface area contributed by atoms with Gasteiger partial charge in [-0.3, -0.25) is 19.2 Å². The van der Waals surface area contributed by atoms with Crippen LogP contribution in [0.5, 0.6) is 0 Å². The SMILES string of the molecule is Brc1ccc2c(c1)COCC2.CC(C)c1cc(-c2ccc3c(c2)COCC3)cc(C(C)C)c1CC(=O)O.CC(C)c1cc(-c2ccc3c(c2)COCC3)cc(C(C)C)c1CC(=O)OC(C)(C)C.CC(C)c1cc(B2OC(C)(C)C(C)(C)O2)cc(C(C)C)c1CC(=O)OC(C)(C)C.CC(C)c1cc(Cl)cc(C(C)C)c1CC(=O)OC(C)(C)C. The van der Waals surface area contributed by atoms with E-state index in [-0.39, 0.29) is 65.6 Å². The third-order valence-electron chi connectivity index (χ3n) is 21.9. The second kappa shape index (κ2) is 41.6. The molecule has 1 N–H and O–H groups in total. The predicted octanol–water partition coefficient (Wildman–Crippen LogP) is 25.0. The summed E-state index contributed by atoms with van der Waals surface area (Å²) in [4.78, 5) is 48.9. The molecule has 4 aliphatic rings. The minimum atomic E-state index is -0.771. The molecule has 1 saturated heterocycles. The van der Waals surface area contributed by atoms with Crippen molar-refractivity contribution in [3.05, 3.63) is 213 Å². The quantitative estimate of drug-likeness (QED) is 0.0463. The Bertz CT molecular complexity index is 4440. The molecule has 0 saturated carbocycles. The standard InChI is InChI=1S/C27H36O3.C24H39BO4.C23H28O3.C18H27ClO2.C9H9BrO/c1-17(2)23-13-21(20-9-8-19-10-11-29-16-22(19)12-20)14-24(18(3)4)25(23)15-26(28)30-27(5,6)7;1-15(2)18-12-17(25-28-23(8,9)24(10,11)29-25)13-19(16(3)4)20(18)14-21(26)27-22(5,6)7;1-14(2)20-10-18(11-21(15(3)4)22(20)12-23(24)25)17-6-5-16-7-8-26-13-19(16)9-17;1-11(2)14-8-13(19)9-15(12(3)4)16(14)10-17(20)21-18(5,6)7;10-9-2-1-7-3-4-11-6-8(7)5-9/h8-9,12-14,17-18H,10-11,15-16H2,1-7H3;12-13,15-16H,14H2,1-11H3;5-6,9-11,14-15H,7-8,12-13H2,1-4H3,(H,24,25);8-9,11-12H,10H2,1-7H3;1-2,5H,3-4,6H2. The number of aliphatic carboxylic acids is 1. The van der Waals surface area contributed by atoms with Crippen LogP contribution in [0.25, 0.3) is 22.3 Å². The molecule has 7 aromatic rings. The van der Waals surface area contributed by atoms with Crippen molar-refractivity contribution in [1.29, 1.82) is 0 Å². The summed E-state index contributed by atoms with van der Waals surface area (Å²) in [6.07, 6.45) is 4.00. The monoisotopic (exact) mass is 1680 g/mol. The molecule has 13 nitrogen and oxygen atoms in total. The van der Waals surface area contributed by atoms with Crippen molar-refractivity contribution in [2.75, 3.05) is 19.8 Å². The van der Waals surface area contributed by atoms with E-state index in [1.807, 2.05) is 74.4 Å². The van der Waals surface area contributed by atoms with Gasteiger partial charge in [0.1, 0.15) is 16.8 Å². The molecule has 0 aliphatic carbocycles. The van der Waals surface area contributed by atoms with Crippen LogP contribution in [-0.4, -0.2) is 83.9 Å². The number of carboxylic acids is 1. The van der Waals surface area contributed by atoms with E-state index in [9.17, 15) is 24.3 Å². The molecule has 638 valence electrons. The number of ether oxygens (including phenoxy) is 6. The van der Waals surface area contributed by atoms with Gasteiger partial charge in [-0.1, -0.05) is 205 Å². The van der Waals surface area contributed by atoms with Crippen LogP contribution < -0.4 is 5.46 Å². The number of carboxylic acid groups (broad SMARTS) is 1. The topological polar surface area (TPSA) is 162 Å². The Morgan fingerprint density at radius 3 is 0.932 bits per heavy atom.